The Labute approximate surface area is 143 Å². The van der Waals surface area contributed by atoms with Crippen molar-refractivity contribution in [1.29, 1.82) is 5.26 Å². The Morgan fingerprint density at radius 1 is 1.36 bits per heavy atom. The summed E-state index contributed by atoms with van der Waals surface area (Å²) in [7, 11) is 0. The molecule has 9 nitrogen and oxygen atoms in total. The summed E-state index contributed by atoms with van der Waals surface area (Å²) in [6.45, 7) is 0.393. The first kappa shape index (κ1) is 16.1. The zero-order chi connectivity index (χ0) is 17.6. The van der Waals surface area contributed by atoms with E-state index in [9.17, 15) is 5.11 Å². The molecule has 2 aromatic heterocycles. The summed E-state index contributed by atoms with van der Waals surface area (Å²) < 4.78 is 6.48. The minimum Gasteiger partial charge on any atom is -0.508 e. The Morgan fingerprint density at radius 2 is 2.16 bits per heavy atom. The van der Waals surface area contributed by atoms with Crippen LogP contribution in [0, 0.1) is 11.5 Å². The number of nitrogen functional groups attached to an aromatic ring is 1. The summed E-state index contributed by atoms with van der Waals surface area (Å²) in [5.74, 6) is 1.22. The van der Waals surface area contributed by atoms with Gasteiger partial charge in [0.15, 0.2) is 12.0 Å². The minimum atomic E-state index is 0.0810. The van der Waals surface area contributed by atoms with E-state index in [0.717, 1.165) is 5.56 Å². The summed E-state index contributed by atoms with van der Waals surface area (Å²) in [6, 6.07) is 10.3. The number of hydrogen-bond donors (Lipinski definition) is 3. The Bertz CT molecular complexity index is 905. The van der Waals surface area contributed by atoms with Gasteiger partial charge in [0.25, 0.3) is 0 Å². The first-order chi connectivity index (χ1) is 12.2. The Morgan fingerprint density at radius 3 is 2.84 bits per heavy atom. The molecule has 0 bridgehead atoms. The number of phenolic OH excluding ortho intramolecular Hbond substituents is 1. The predicted octanol–water partition coefficient (Wildman–Crippen LogP) is 1.34. The molecule has 0 unspecified atom stereocenters. The van der Waals surface area contributed by atoms with Crippen LogP contribution in [0.4, 0.5) is 5.95 Å². The maximum Gasteiger partial charge on any atom is 0.235 e. The molecule has 0 atom stereocenters. The van der Waals surface area contributed by atoms with Gasteiger partial charge in [-0.1, -0.05) is 12.1 Å². The molecule has 0 spiro atoms. The lowest BCUT2D eigenvalue weighted by atomic mass is 10.1. The van der Waals surface area contributed by atoms with Crippen molar-refractivity contribution in [2.45, 2.75) is 6.42 Å². The monoisotopic (exact) mass is 337 g/mol. The highest BCUT2D eigenvalue weighted by atomic mass is 16.3. The van der Waals surface area contributed by atoms with Crippen LogP contribution in [0.25, 0.3) is 11.6 Å². The largest absolute Gasteiger partial charge is 0.508 e. The van der Waals surface area contributed by atoms with Gasteiger partial charge in [0.05, 0.1) is 6.26 Å². The van der Waals surface area contributed by atoms with Crippen LogP contribution in [0.2, 0.25) is 0 Å². The Hall–Kier alpha value is -3.80. The van der Waals surface area contributed by atoms with Gasteiger partial charge in [-0.05, 0) is 36.2 Å². The summed E-state index contributed by atoms with van der Waals surface area (Å²) >= 11 is 0. The zero-order valence-electron chi connectivity index (χ0n) is 13.1. The van der Waals surface area contributed by atoms with Crippen molar-refractivity contribution in [3.8, 4) is 23.5 Å². The number of nitriles is 1. The standard InChI is InChI=1S/C16H15N7O2/c17-10-20-16(19-8-7-11-3-5-12(24)6-4-11)23-15(18)21-14(22-23)13-2-1-9-25-13/h1-6,9,24H,7-8H2,(H,19,20)(H2,18,21,22). The van der Waals surface area contributed by atoms with Crippen molar-refractivity contribution in [3.05, 3.63) is 48.2 Å². The molecule has 2 heterocycles. The lowest BCUT2D eigenvalue weighted by Gasteiger charge is -2.05. The molecule has 4 N–H and O–H groups in total. The van der Waals surface area contributed by atoms with E-state index in [4.69, 9.17) is 15.4 Å². The summed E-state index contributed by atoms with van der Waals surface area (Å²) in [4.78, 5) is 8.44. The van der Waals surface area contributed by atoms with E-state index in [1.165, 1.54) is 10.9 Å². The number of anilines is 1. The molecule has 0 radical (unpaired) electrons. The van der Waals surface area contributed by atoms with Crippen molar-refractivity contribution in [3.63, 3.8) is 0 Å². The van der Waals surface area contributed by atoms with Gasteiger partial charge in [-0.25, -0.2) is 0 Å². The highest BCUT2D eigenvalue weighted by molar-refractivity contribution is 5.85. The zero-order valence-corrected chi connectivity index (χ0v) is 13.1. The fraction of sp³-hybridized carbons (Fsp3) is 0.125. The Kier molecular flexibility index (Phi) is 4.62. The highest BCUT2D eigenvalue weighted by Gasteiger charge is 2.15. The van der Waals surface area contributed by atoms with Crippen molar-refractivity contribution in [2.24, 2.45) is 4.99 Å². The third-order valence-electron chi connectivity index (χ3n) is 3.34. The van der Waals surface area contributed by atoms with Crippen molar-refractivity contribution in [1.82, 2.24) is 20.1 Å². The van der Waals surface area contributed by atoms with Crippen LogP contribution < -0.4 is 11.1 Å². The second kappa shape index (κ2) is 7.18. The molecule has 25 heavy (non-hydrogen) atoms. The van der Waals surface area contributed by atoms with Gasteiger partial charge in [-0.3, -0.25) is 10.3 Å². The van der Waals surface area contributed by atoms with E-state index in [0.29, 0.717) is 24.6 Å². The number of hydrogen-bond acceptors (Lipinski definition) is 7. The topological polar surface area (TPSA) is 138 Å². The number of aromatic hydroxyl groups is 1. The van der Waals surface area contributed by atoms with E-state index in [2.05, 4.69) is 20.4 Å². The fourth-order valence-electron chi connectivity index (χ4n) is 2.15. The van der Waals surface area contributed by atoms with Crippen LogP contribution in [-0.2, 0) is 6.42 Å². The average Bonchev–Trinajstić information content (AvgIpc) is 3.25. The van der Waals surface area contributed by atoms with E-state index in [-0.39, 0.29) is 17.7 Å². The smallest absolute Gasteiger partial charge is 0.235 e. The van der Waals surface area contributed by atoms with E-state index < -0.39 is 0 Å². The third-order valence-corrected chi connectivity index (χ3v) is 3.34. The van der Waals surface area contributed by atoms with Crippen LogP contribution in [0.3, 0.4) is 0 Å². The van der Waals surface area contributed by atoms with Gasteiger partial charge in [0.2, 0.25) is 17.7 Å². The van der Waals surface area contributed by atoms with Crippen LogP contribution in [0.15, 0.2) is 52.1 Å². The van der Waals surface area contributed by atoms with E-state index >= 15 is 0 Å². The lowest BCUT2D eigenvalue weighted by molar-refractivity contribution is 0.475. The van der Waals surface area contributed by atoms with E-state index in [1.807, 2.05) is 6.19 Å². The van der Waals surface area contributed by atoms with Gasteiger partial charge in [0.1, 0.15) is 5.75 Å². The molecular formula is C16H15N7O2. The minimum absolute atomic E-state index is 0.0810. The molecule has 0 saturated carbocycles. The summed E-state index contributed by atoms with van der Waals surface area (Å²) in [5, 5.41) is 24.9. The molecule has 0 amide bonds. The number of phenols is 1. The van der Waals surface area contributed by atoms with Crippen LogP contribution >= 0.6 is 0 Å². The molecule has 1 aromatic carbocycles. The maximum absolute atomic E-state index is 9.29. The van der Waals surface area contributed by atoms with Crippen molar-refractivity contribution >= 4 is 11.9 Å². The van der Waals surface area contributed by atoms with E-state index in [1.54, 1.807) is 36.4 Å². The molecule has 3 aromatic rings. The molecular weight excluding hydrogens is 322 g/mol. The van der Waals surface area contributed by atoms with Gasteiger partial charge < -0.3 is 15.3 Å². The second-order valence-electron chi connectivity index (χ2n) is 5.04. The molecule has 0 aliphatic heterocycles. The van der Waals surface area contributed by atoms with Gasteiger partial charge in [-0.15, -0.1) is 5.10 Å². The molecule has 3 rings (SSSR count). The van der Waals surface area contributed by atoms with Gasteiger partial charge in [-0.2, -0.15) is 14.9 Å². The SMILES string of the molecule is N#CNC(=NCCc1ccc(O)cc1)n1nc(-c2ccco2)nc1N. The number of nitrogens with two attached hydrogens (primary N) is 1. The number of rotatable bonds is 4. The number of aliphatic imine (C=N–C) groups is 1. The Balaban J connectivity index is 1.78. The molecule has 0 aliphatic rings. The summed E-state index contributed by atoms with van der Waals surface area (Å²) in [6.07, 6.45) is 3.94. The number of nitrogens with one attached hydrogen (secondary N) is 1. The first-order valence-corrected chi connectivity index (χ1v) is 7.41. The van der Waals surface area contributed by atoms with Crippen LogP contribution in [0.5, 0.6) is 5.75 Å². The van der Waals surface area contributed by atoms with Crippen LogP contribution in [-0.4, -0.2) is 32.4 Å². The number of benzene rings is 1. The molecule has 0 saturated heterocycles. The van der Waals surface area contributed by atoms with Crippen molar-refractivity contribution < 1.29 is 9.52 Å². The first-order valence-electron chi connectivity index (χ1n) is 7.41. The number of nitrogens with zero attached hydrogens (tertiary/aromatic N) is 5. The highest BCUT2D eigenvalue weighted by Crippen LogP contribution is 2.16. The van der Waals surface area contributed by atoms with Gasteiger partial charge >= 0.3 is 0 Å². The lowest BCUT2D eigenvalue weighted by Crippen LogP contribution is -2.29. The second-order valence-corrected chi connectivity index (χ2v) is 5.04. The molecule has 9 heteroatoms. The number of furan rings is 1. The average molecular weight is 337 g/mol. The van der Waals surface area contributed by atoms with Crippen molar-refractivity contribution in [2.75, 3.05) is 12.3 Å². The molecule has 126 valence electrons. The normalized spacial score (nSPS) is 11.2. The van der Waals surface area contributed by atoms with Crippen LogP contribution in [0.1, 0.15) is 5.56 Å². The summed E-state index contributed by atoms with van der Waals surface area (Å²) in [5.41, 5.74) is 6.87. The number of aromatic nitrogens is 3. The maximum atomic E-state index is 9.29. The quantitative estimate of drug-likeness (QED) is 0.282. The molecule has 0 fully saturated rings. The van der Waals surface area contributed by atoms with Gasteiger partial charge in [0, 0.05) is 6.54 Å². The third kappa shape index (κ3) is 3.76. The predicted molar refractivity (Wildman–Crippen MR) is 90.4 cm³/mol. The molecule has 0 aliphatic carbocycles. The fourth-order valence-corrected chi connectivity index (χ4v) is 2.15.